The van der Waals surface area contributed by atoms with Gasteiger partial charge in [-0.3, -0.25) is 38.9 Å². The van der Waals surface area contributed by atoms with Crippen LogP contribution in [0.5, 0.6) is 0 Å². The Morgan fingerprint density at radius 2 is 1.93 bits per heavy atom. The van der Waals surface area contributed by atoms with Crippen LogP contribution in [0, 0.1) is 20.2 Å². The summed E-state index contributed by atoms with van der Waals surface area (Å²) < 4.78 is 13.2. The van der Waals surface area contributed by atoms with Crippen LogP contribution in [0.15, 0.2) is 46.1 Å². The highest BCUT2D eigenvalue weighted by molar-refractivity contribution is 7.86. The number of amides is 2. The maximum Gasteiger partial charge on any atom is 0.352 e. The van der Waals surface area contributed by atoms with Crippen molar-refractivity contribution >= 4 is 74.2 Å². The van der Waals surface area contributed by atoms with Crippen LogP contribution in [-0.4, -0.2) is 86.4 Å². The number of nitrogen functional groups attached to an aromatic ring is 1. The lowest BCUT2D eigenvalue weighted by molar-refractivity contribution is -0.394. The fourth-order valence-electron chi connectivity index (χ4n) is 4.08. The molecule has 2 amide bonds. The summed E-state index contributed by atoms with van der Waals surface area (Å²) in [4.78, 5) is 80.4. The van der Waals surface area contributed by atoms with E-state index in [1.165, 1.54) is 5.38 Å². The molecule has 1 aromatic heterocycles. The summed E-state index contributed by atoms with van der Waals surface area (Å²) in [5.74, 6) is -5.51. The summed E-state index contributed by atoms with van der Waals surface area (Å²) in [5, 5.41) is 47.6. The number of carboxylic acid groups (broad SMARTS) is 2. The number of β-lactam (4-membered cyclic amide) rings is 1. The van der Waals surface area contributed by atoms with Gasteiger partial charge in [0.15, 0.2) is 10.8 Å². The molecule has 2 aliphatic rings. The number of carbonyl (C=O) groups is 4. The first kappa shape index (κ1) is 32.3. The number of nitrogens with two attached hydrogens (primary N) is 1. The molecule has 2 unspecified atom stereocenters. The van der Waals surface area contributed by atoms with Gasteiger partial charge < -0.3 is 26.1 Å². The zero-order valence-corrected chi connectivity index (χ0v) is 24.6. The lowest BCUT2D eigenvalue weighted by atomic mass is 10.0. The van der Waals surface area contributed by atoms with Crippen LogP contribution in [0.25, 0.3) is 6.08 Å². The van der Waals surface area contributed by atoms with E-state index in [2.05, 4.69) is 15.5 Å². The van der Waals surface area contributed by atoms with Gasteiger partial charge in [-0.1, -0.05) is 11.2 Å². The van der Waals surface area contributed by atoms with E-state index in [1.54, 1.807) is 0 Å². The number of nitro groups is 2. The van der Waals surface area contributed by atoms with E-state index in [1.807, 2.05) is 0 Å². The number of allylic oxidation sites excluding steroid dienone is 1. The molecule has 5 N–H and O–H groups in total. The first-order chi connectivity index (χ1) is 21.0. The van der Waals surface area contributed by atoms with Crippen LogP contribution in [0.1, 0.15) is 25.1 Å². The number of nitro benzene ring substituents is 2. The number of thiazole rings is 1. The van der Waals surface area contributed by atoms with Crippen molar-refractivity contribution in [3.8, 4) is 0 Å². The summed E-state index contributed by atoms with van der Waals surface area (Å²) in [6.07, 6.45) is 2.20. The van der Waals surface area contributed by atoms with E-state index in [0.717, 1.165) is 55.5 Å². The molecule has 45 heavy (non-hydrogen) atoms. The molecule has 0 radical (unpaired) electrons. The minimum absolute atomic E-state index is 0.0261. The van der Waals surface area contributed by atoms with Crippen molar-refractivity contribution < 1.29 is 48.3 Å². The lowest BCUT2D eigenvalue weighted by Gasteiger charge is -2.48. The molecule has 0 saturated carbocycles. The lowest BCUT2D eigenvalue weighted by Crippen LogP contribution is -2.74. The number of nitrogens with one attached hydrogen (secondary N) is 1. The topological polar surface area (TPSA) is 288 Å². The number of benzene rings is 1. The quantitative estimate of drug-likeness (QED) is 0.111. The molecule has 1 saturated heterocycles. The number of anilines is 1. The largest absolute Gasteiger partial charge is 0.478 e. The van der Waals surface area contributed by atoms with Crippen LogP contribution < -0.4 is 11.1 Å². The summed E-state index contributed by atoms with van der Waals surface area (Å²) >= 11 is 0.924. The van der Waals surface area contributed by atoms with Crippen molar-refractivity contribution in [1.82, 2.24) is 15.2 Å². The Labute approximate surface area is 257 Å². The van der Waals surface area contributed by atoms with Gasteiger partial charge in [-0.15, -0.1) is 11.3 Å². The van der Waals surface area contributed by atoms with Gasteiger partial charge in [0, 0.05) is 11.4 Å². The second-order valence-electron chi connectivity index (χ2n) is 9.76. The van der Waals surface area contributed by atoms with Gasteiger partial charge in [-0.05, 0) is 31.6 Å². The third-order valence-electron chi connectivity index (χ3n) is 6.39. The van der Waals surface area contributed by atoms with Gasteiger partial charge in [-0.2, -0.15) is 0 Å². The fourth-order valence-corrected chi connectivity index (χ4v) is 6.27. The van der Waals surface area contributed by atoms with Gasteiger partial charge in [0.25, 0.3) is 23.2 Å². The number of fused-ring (bicyclic) bond motifs is 1. The molecule has 4 rings (SSSR count). The average Bonchev–Trinajstić information content (AvgIpc) is 3.39. The molecular formula is C24H21N7O12S2. The number of non-ortho nitro benzene ring substituents is 1. The first-order valence-corrected chi connectivity index (χ1v) is 14.6. The molecule has 1 fully saturated rings. The standard InChI is InChI=1S/C24H21N7O12S2/c1-24(2,22(36)37)43-28-15(13-8-44-23(25)26-13)18(32)27-16-19(33)29-17(21(34)35)11(9-45(42)20(16)29)4-3-10-5-6-12(30(38)39)7-14(10)31(40)41/h3-8,16,20H,9H2,1-2H3,(H2,25,26)(H,27,32)(H,34,35)(H,36,37)/b4-3+,28-15-/t16?,20-,45?/m1/s1. The molecule has 0 aliphatic carbocycles. The number of aliphatic carboxylic acids is 2. The highest BCUT2D eigenvalue weighted by Gasteiger charge is 2.57. The van der Waals surface area contributed by atoms with Gasteiger partial charge in [0.1, 0.15) is 22.8 Å². The Balaban J connectivity index is 1.63. The third-order valence-corrected chi connectivity index (χ3v) is 8.68. The third kappa shape index (κ3) is 6.38. The van der Waals surface area contributed by atoms with Crippen molar-refractivity contribution in [1.29, 1.82) is 0 Å². The van der Waals surface area contributed by atoms with E-state index in [-0.39, 0.29) is 22.0 Å². The van der Waals surface area contributed by atoms with Gasteiger partial charge in [0.05, 0.1) is 38.0 Å². The summed E-state index contributed by atoms with van der Waals surface area (Å²) in [6, 6.07) is 1.31. The Morgan fingerprint density at radius 1 is 1.24 bits per heavy atom. The zero-order chi connectivity index (χ0) is 33.4. The molecule has 0 bridgehead atoms. The maximum atomic E-state index is 13.2. The second-order valence-corrected chi connectivity index (χ2v) is 12.2. The van der Waals surface area contributed by atoms with E-state index in [0.29, 0.717) is 4.90 Å². The number of rotatable bonds is 11. The number of carbonyl (C=O) groups excluding carboxylic acids is 2. The number of oxime groups is 1. The van der Waals surface area contributed by atoms with Crippen LogP contribution >= 0.6 is 11.3 Å². The van der Waals surface area contributed by atoms with Crippen LogP contribution in [-0.2, 0) is 34.8 Å². The number of hydrogen-bond acceptors (Lipinski definition) is 14. The van der Waals surface area contributed by atoms with Gasteiger partial charge >= 0.3 is 11.9 Å². The summed E-state index contributed by atoms with van der Waals surface area (Å²) in [5.41, 5.74) is 1.01. The molecule has 3 heterocycles. The average molecular weight is 664 g/mol. The Morgan fingerprint density at radius 3 is 2.49 bits per heavy atom. The molecule has 19 nitrogen and oxygen atoms in total. The number of hydrogen-bond donors (Lipinski definition) is 4. The van der Waals surface area contributed by atoms with Gasteiger partial charge in [0.2, 0.25) is 5.60 Å². The van der Waals surface area contributed by atoms with E-state index >= 15 is 0 Å². The van der Waals surface area contributed by atoms with Crippen molar-refractivity contribution in [2.24, 2.45) is 5.16 Å². The summed E-state index contributed by atoms with van der Waals surface area (Å²) in [7, 11) is -2.01. The maximum absolute atomic E-state index is 13.2. The van der Waals surface area contributed by atoms with Crippen LogP contribution in [0.3, 0.4) is 0 Å². The number of aromatic nitrogens is 1. The Bertz CT molecular complexity index is 1780. The van der Waals surface area contributed by atoms with Crippen molar-refractivity contribution in [3.05, 3.63) is 72.4 Å². The molecule has 236 valence electrons. The highest BCUT2D eigenvalue weighted by Crippen LogP contribution is 2.36. The predicted molar refractivity (Wildman–Crippen MR) is 155 cm³/mol. The monoisotopic (exact) mass is 663 g/mol. The predicted octanol–water partition coefficient (Wildman–Crippen LogP) is 0.593. The smallest absolute Gasteiger partial charge is 0.352 e. The molecule has 21 heteroatoms. The minimum atomic E-state index is -2.01. The molecule has 2 aliphatic heterocycles. The van der Waals surface area contributed by atoms with Crippen molar-refractivity contribution in [2.75, 3.05) is 11.5 Å². The van der Waals surface area contributed by atoms with Crippen LogP contribution in [0.2, 0.25) is 0 Å². The van der Waals surface area contributed by atoms with Crippen LogP contribution in [0.4, 0.5) is 16.5 Å². The van der Waals surface area contributed by atoms with Crippen molar-refractivity contribution in [2.45, 2.75) is 30.9 Å². The van der Waals surface area contributed by atoms with E-state index < -0.39 is 90.0 Å². The molecule has 1 aromatic carbocycles. The molecule has 2 aromatic rings. The minimum Gasteiger partial charge on any atom is -0.478 e. The fraction of sp³-hybridized carbons (Fsp3) is 0.250. The molecule has 3 atom stereocenters. The van der Waals surface area contributed by atoms with E-state index in [4.69, 9.17) is 10.6 Å². The normalized spacial score (nSPS) is 20.0. The highest BCUT2D eigenvalue weighted by atomic mass is 32.2. The zero-order valence-electron chi connectivity index (χ0n) is 22.9. The Hall–Kier alpha value is -5.57. The molecular weight excluding hydrogens is 642 g/mol. The SMILES string of the molecule is CC(C)(O/N=C(\C(=O)NC1C(=O)N2C(C(=O)O)=C(/C=C/c3ccc([N+](=O)[O-])cc3[N+](=O)[O-])CS(=O)[C@H]12)c1csc(N)n1)C(=O)O. The second kappa shape index (κ2) is 12.2. The van der Waals surface area contributed by atoms with E-state index in [9.17, 15) is 53.8 Å². The van der Waals surface area contributed by atoms with Gasteiger partial charge in [-0.25, -0.2) is 14.6 Å². The molecule has 0 spiro atoms. The summed E-state index contributed by atoms with van der Waals surface area (Å²) in [6.45, 7) is 2.32. The number of carboxylic acids is 2. The van der Waals surface area contributed by atoms with Crippen molar-refractivity contribution in [3.63, 3.8) is 0 Å². The first-order valence-electron chi connectivity index (χ1n) is 12.3. The number of nitrogens with zero attached hydrogens (tertiary/aromatic N) is 5. The Kier molecular flexibility index (Phi) is 8.77.